The molecule has 0 amide bonds. The van der Waals surface area contributed by atoms with E-state index in [0.717, 1.165) is 18.0 Å². The summed E-state index contributed by atoms with van der Waals surface area (Å²) in [6.45, 7) is 1.11. The number of nitro groups is 2. The van der Waals surface area contributed by atoms with Gasteiger partial charge in [0.2, 0.25) is 0 Å². The molecule has 2 aromatic rings. The monoisotopic (exact) mass is 416 g/mol. The summed E-state index contributed by atoms with van der Waals surface area (Å²) in [6, 6.07) is 5.67. The van der Waals surface area contributed by atoms with Gasteiger partial charge in [-0.1, -0.05) is 18.2 Å². The Labute approximate surface area is 162 Å². The average Bonchev–Trinajstić information content (AvgIpc) is 2.64. The molecule has 12 heteroatoms. The summed E-state index contributed by atoms with van der Waals surface area (Å²) in [5.74, 6) is -0.656. The third-order valence-corrected chi connectivity index (χ3v) is 4.21. The minimum atomic E-state index is -5.07. The van der Waals surface area contributed by atoms with Crippen molar-refractivity contribution in [1.29, 1.82) is 0 Å². The third-order valence-electron chi connectivity index (χ3n) is 4.21. The Balaban J connectivity index is 2.84. The standard InChI is InChI=1S/C17H16F4N4O4/c1-3-23(9-10-6-4-5-7-12(10)18)15-13(24(26)27)8-11(17(19,20)21)14(22-2)16(15)25(28)29/h4-8,22H,3,9H2,1-2H3. The van der Waals surface area contributed by atoms with E-state index >= 15 is 0 Å². The van der Waals surface area contributed by atoms with Gasteiger partial charge >= 0.3 is 11.9 Å². The van der Waals surface area contributed by atoms with Crippen molar-refractivity contribution in [1.82, 2.24) is 0 Å². The van der Waals surface area contributed by atoms with Gasteiger partial charge in [-0.2, -0.15) is 13.2 Å². The Kier molecular flexibility index (Phi) is 6.25. The molecular formula is C17H16F4N4O4. The Morgan fingerprint density at radius 3 is 2.21 bits per heavy atom. The molecule has 0 aromatic heterocycles. The van der Waals surface area contributed by atoms with Crippen molar-refractivity contribution in [2.24, 2.45) is 0 Å². The number of rotatable bonds is 7. The molecule has 2 aromatic carbocycles. The summed E-state index contributed by atoms with van der Waals surface area (Å²) in [4.78, 5) is 22.0. The second-order valence-corrected chi connectivity index (χ2v) is 5.88. The van der Waals surface area contributed by atoms with Crippen LogP contribution in [0.15, 0.2) is 30.3 Å². The fourth-order valence-electron chi connectivity index (χ4n) is 2.93. The molecule has 0 heterocycles. The van der Waals surface area contributed by atoms with Crippen molar-refractivity contribution >= 4 is 22.7 Å². The number of halogens is 4. The predicted octanol–water partition coefficient (Wildman–Crippen LogP) is 4.73. The van der Waals surface area contributed by atoms with E-state index in [1.165, 1.54) is 25.1 Å². The molecule has 29 heavy (non-hydrogen) atoms. The highest BCUT2D eigenvalue weighted by molar-refractivity contribution is 5.87. The molecule has 0 saturated carbocycles. The molecule has 156 valence electrons. The topological polar surface area (TPSA) is 102 Å². The summed E-state index contributed by atoms with van der Waals surface area (Å²) in [7, 11) is 1.04. The molecule has 0 aliphatic carbocycles. The highest BCUT2D eigenvalue weighted by atomic mass is 19.4. The molecule has 0 fully saturated rings. The Morgan fingerprint density at radius 2 is 1.76 bits per heavy atom. The van der Waals surface area contributed by atoms with E-state index in [0.29, 0.717) is 0 Å². The molecule has 0 spiro atoms. The zero-order chi connectivity index (χ0) is 21.9. The lowest BCUT2D eigenvalue weighted by Gasteiger charge is -2.25. The van der Waals surface area contributed by atoms with E-state index < -0.39 is 50.2 Å². The van der Waals surface area contributed by atoms with E-state index in [2.05, 4.69) is 5.32 Å². The molecule has 0 atom stereocenters. The molecular weight excluding hydrogens is 400 g/mol. The van der Waals surface area contributed by atoms with E-state index in [1.807, 2.05) is 0 Å². The van der Waals surface area contributed by atoms with Gasteiger partial charge < -0.3 is 10.2 Å². The lowest BCUT2D eigenvalue weighted by molar-refractivity contribution is -0.392. The normalized spacial score (nSPS) is 11.2. The number of nitrogens with one attached hydrogen (secondary N) is 1. The first-order valence-corrected chi connectivity index (χ1v) is 8.25. The van der Waals surface area contributed by atoms with Crippen molar-refractivity contribution in [3.63, 3.8) is 0 Å². The second kappa shape index (κ2) is 8.29. The summed E-state index contributed by atoms with van der Waals surface area (Å²) in [5, 5.41) is 25.3. The van der Waals surface area contributed by atoms with Gasteiger partial charge in [-0.15, -0.1) is 0 Å². The van der Waals surface area contributed by atoms with Crippen LogP contribution < -0.4 is 10.2 Å². The van der Waals surface area contributed by atoms with Crippen LogP contribution in [0.2, 0.25) is 0 Å². The Hall–Kier alpha value is -3.44. The Morgan fingerprint density at radius 1 is 1.14 bits per heavy atom. The maximum absolute atomic E-state index is 14.0. The molecule has 1 N–H and O–H groups in total. The van der Waals surface area contributed by atoms with Gasteiger partial charge in [-0.3, -0.25) is 20.2 Å². The van der Waals surface area contributed by atoms with Crippen LogP contribution >= 0.6 is 0 Å². The van der Waals surface area contributed by atoms with Crippen LogP contribution in [-0.4, -0.2) is 23.4 Å². The molecule has 0 aliphatic heterocycles. The van der Waals surface area contributed by atoms with Crippen LogP contribution in [0.3, 0.4) is 0 Å². The van der Waals surface area contributed by atoms with Crippen molar-refractivity contribution in [3.05, 3.63) is 67.5 Å². The summed E-state index contributed by atoms with van der Waals surface area (Å²) < 4.78 is 54.2. The quantitative estimate of drug-likeness (QED) is 0.398. The first-order chi connectivity index (χ1) is 13.5. The average molecular weight is 416 g/mol. The first-order valence-electron chi connectivity index (χ1n) is 8.25. The van der Waals surface area contributed by atoms with Crippen LogP contribution in [0.5, 0.6) is 0 Å². The van der Waals surface area contributed by atoms with E-state index in [-0.39, 0.29) is 24.7 Å². The minimum Gasteiger partial charge on any atom is -0.382 e. The van der Waals surface area contributed by atoms with Crippen LogP contribution in [-0.2, 0) is 12.7 Å². The van der Waals surface area contributed by atoms with E-state index in [9.17, 15) is 37.8 Å². The van der Waals surface area contributed by atoms with Gasteiger partial charge in [-0.05, 0) is 13.0 Å². The molecule has 0 radical (unpaired) electrons. The Bertz CT molecular complexity index is 950. The fourth-order valence-corrected chi connectivity index (χ4v) is 2.93. The molecule has 2 rings (SSSR count). The van der Waals surface area contributed by atoms with Crippen molar-refractivity contribution in [3.8, 4) is 0 Å². The highest BCUT2D eigenvalue weighted by Crippen LogP contribution is 2.49. The lowest BCUT2D eigenvalue weighted by atomic mass is 10.0. The van der Waals surface area contributed by atoms with Crippen molar-refractivity contribution < 1.29 is 27.4 Å². The van der Waals surface area contributed by atoms with Gasteiger partial charge in [-0.25, -0.2) is 4.39 Å². The number of nitrogens with zero attached hydrogens (tertiary/aromatic N) is 3. The highest BCUT2D eigenvalue weighted by Gasteiger charge is 2.43. The van der Waals surface area contributed by atoms with Gasteiger partial charge in [0, 0.05) is 31.8 Å². The predicted molar refractivity (Wildman–Crippen MR) is 97.4 cm³/mol. The lowest BCUT2D eigenvalue weighted by Crippen LogP contribution is -2.26. The first kappa shape index (κ1) is 21.9. The largest absolute Gasteiger partial charge is 0.418 e. The molecule has 0 aliphatic rings. The minimum absolute atomic E-state index is 0.0649. The number of anilines is 2. The number of hydrogen-bond donors (Lipinski definition) is 1. The van der Waals surface area contributed by atoms with Crippen LogP contribution in [0.25, 0.3) is 0 Å². The number of benzene rings is 2. The molecule has 0 saturated heterocycles. The van der Waals surface area contributed by atoms with E-state index in [4.69, 9.17) is 0 Å². The summed E-state index contributed by atoms with van der Waals surface area (Å²) >= 11 is 0. The van der Waals surface area contributed by atoms with Gasteiger partial charge in [0.1, 0.15) is 11.5 Å². The molecule has 0 bridgehead atoms. The zero-order valence-corrected chi connectivity index (χ0v) is 15.3. The van der Waals surface area contributed by atoms with Crippen molar-refractivity contribution in [2.45, 2.75) is 19.6 Å². The maximum Gasteiger partial charge on any atom is 0.418 e. The summed E-state index contributed by atoms with van der Waals surface area (Å²) in [6.07, 6.45) is -5.07. The van der Waals surface area contributed by atoms with Gasteiger partial charge in [0.15, 0.2) is 5.69 Å². The number of alkyl halides is 3. The number of hydrogen-bond acceptors (Lipinski definition) is 6. The summed E-state index contributed by atoms with van der Waals surface area (Å²) in [5.41, 5.74) is -5.21. The third kappa shape index (κ3) is 4.36. The van der Waals surface area contributed by atoms with Crippen LogP contribution in [0.1, 0.15) is 18.1 Å². The molecule has 8 nitrogen and oxygen atoms in total. The van der Waals surface area contributed by atoms with Gasteiger partial charge in [0.05, 0.1) is 15.4 Å². The van der Waals surface area contributed by atoms with Crippen LogP contribution in [0, 0.1) is 26.0 Å². The number of nitro benzene ring substituents is 2. The van der Waals surface area contributed by atoms with Crippen molar-refractivity contribution in [2.75, 3.05) is 23.8 Å². The zero-order valence-electron chi connectivity index (χ0n) is 15.3. The SMILES string of the molecule is CCN(Cc1ccccc1F)c1c([N+](=O)[O-])cc(C(F)(F)F)c(NC)c1[N+](=O)[O-]. The van der Waals surface area contributed by atoms with Gasteiger partial charge in [0.25, 0.3) is 5.69 Å². The van der Waals surface area contributed by atoms with E-state index in [1.54, 1.807) is 0 Å². The molecule has 0 unspecified atom stereocenters. The fraction of sp³-hybridized carbons (Fsp3) is 0.294. The smallest absolute Gasteiger partial charge is 0.382 e. The van der Waals surface area contributed by atoms with Crippen LogP contribution in [0.4, 0.5) is 40.3 Å². The second-order valence-electron chi connectivity index (χ2n) is 5.88. The maximum atomic E-state index is 14.0.